The third-order valence-corrected chi connectivity index (χ3v) is 8.24. The van der Waals surface area contributed by atoms with Crippen LogP contribution in [0.15, 0.2) is 72.9 Å². The van der Waals surface area contributed by atoms with Crippen LogP contribution in [-0.4, -0.2) is 74.8 Å². The summed E-state index contributed by atoms with van der Waals surface area (Å²) in [4.78, 5) is 34.3. The number of nitrogens with one attached hydrogen (secondary N) is 1. The number of hydrogen-bond acceptors (Lipinski definition) is 8. The summed E-state index contributed by atoms with van der Waals surface area (Å²) in [6.07, 6.45) is 2.90. The van der Waals surface area contributed by atoms with Crippen molar-refractivity contribution in [1.82, 2.24) is 9.88 Å². The molecule has 11 heteroatoms. The van der Waals surface area contributed by atoms with Crippen LogP contribution >= 0.6 is 0 Å². The molecule has 3 aromatic carbocycles. The number of carbonyl (C=O) groups excluding carboxylic acids is 2. The number of pyridine rings is 1. The predicted octanol–water partition coefficient (Wildman–Crippen LogP) is 5.41. The maximum absolute atomic E-state index is 15.2. The minimum Gasteiger partial charge on any atom is -0.496 e. The normalized spacial score (nSPS) is 17.0. The molecule has 2 saturated heterocycles. The van der Waals surface area contributed by atoms with Crippen molar-refractivity contribution in [3.05, 3.63) is 84.3 Å². The Morgan fingerprint density at radius 2 is 1.85 bits per heavy atom. The molecule has 0 bridgehead atoms. The zero-order valence-electron chi connectivity index (χ0n) is 25.7. The molecule has 0 spiro atoms. The van der Waals surface area contributed by atoms with Crippen LogP contribution in [0.3, 0.4) is 0 Å². The summed E-state index contributed by atoms with van der Waals surface area (Å²) in [7, 11) is 1.59. The number of methoxy groups -OCH3 is 1. The molecule has 2 amide bonds. The summed E-state index contributed by atoms with van der Waals surface area (Å²) in [5, 5.41) is 3.33. The van der Waals surface area contributed by atoms with Gasteiger partial charge in [0.15, 0.2) is 11.6 Å². The summed E-state index contributed by atoms with van der Waals surface area (Å²) in [6, 6.07) is 18.7. The molecule has 2 aliphatic rings. The molecule has 4 aromatic rings. The molecule has 6 rings (SSSR count). The number of fused-ring (bicyclic) bond motifs is 1. The van der Waals surface area contributed by atoms with E-state index in [2.05, 4.69) is 15.2 Å². The number of rotatable bonds is 12. The van der Waals surface area contributed by atoms with Crippen molar-refractivity contribution in [2.75, 3.05) is 63.3 Å². The quantitative estimate of drug-likeness (QED) is 0.164. The molecule has 2 fully saturated rings. The molecular weight excluding hydrogens is 591 g/mol. The van der Waals surface area contributed by atoms with Crippen LogP contribution in [0.1, 0.15) is 18.4 Å². The Balaban J connectivity index is 1.08. The van der Waals surface area contributed by atoms with Gasteiger partial charge < -0.3 is 29.2 Å². The molecule has 46 heavy (non-hydrogen) atoms. The van der Waals surface area contributed by atoms with E-state index in [-0.39, 0.29) is 17.3 Å². The molecule has 1 N–H and O–H groups in total. The van der Waals surface area contributed by atoms with Gasteiger partial charge in [0, 0.05) is 67.4 Å². The van der Waals surface area contributed by atoms with E-state index in [4.69, 9.17) is 18.9 Å². The third-order valence-electron chi connectivity index (χ3n) is 8.24. The fourth-order valence-electron chi connectivity index (χ4n) is 5.78. The van der Waals surface area contributed by atoms with Gasteiger partial charge in [-0.1, -0.05) is 18.2 Å². The van der Waals surface area contributed by atoms with Gasteiger partial charge in [-0.15, -0.1) is 0 Å². The van der Waals surface area contributed by atoms with Gasteiger partial charge >= 0.3 is 0 Å². The largest absolute Gasteiger partial charge is 0.496 e. The van der Waals surface area contributed by atoms with Gasteiger partial charge in [0.05, 0.1) is 32.4 Å². The van der Waals surface area contributed by atoms with Crippen molar-refractivity contribution in [1.29, 1.82) is 0 Å². The molecule has 1 unspecified atom stereocenters. The molecule has 0 radical (unpaired) electrons. The highest BCUT2D eigenvalue weighted by atomic mass is 19.1. The van der Waals surface area contributed by atoms with Crippen LogP contribution in [0.4, 0.5) is 15.8 Å². The lowest BCUT2D eigenvalue weighted by Crippen LogP contribution is -2.37. The van der Waals surface area contributed by atoms with Crippen LogP contribution in [0.5, 0.6) is 17.2 Å². The van der Waals surface area contributed by atoms with Gasteiger partial charge in [0.1, 0.15) is 17.4 Å². The number of carbonyl (C=O) groups is 2. The number of para-hydroxylation sites is 1. The molecule has 0 aliphatic carbocycles. The van der Waals surface area contributed by atoms with E-state index in [1.165, 1.54) is 12.1 Å². The van der Waals surface area contributed by atoms with E-state index in [1.54, 1.807) is 30.3 Å². The van der Waals surface area contributed by atoms with E-state index in [9.17, 15) is 9.59 Å². The second kappa shape index (κ2) is 14.7. The molecule has 240 valence electrons. The van der Waals surface area contributed by atoms with Gasteiger partial charge in [-0.05, 0) is 55.3 Å². The van der Waals surface area contributed by atoms with Gasteiger partial charge in [0.25, 0.3) is 0 Å². The summed E-state index contributed by atoms with van der Waals surface area (Å²) in [5.74, 6) is -1.27. The second-order valence-electron chi connectivity index (χ2n) is 11.3. The fourth-order valence-corrected chi connectivity index (χ4v) is 5.78. The average molecular weight is 629 g/mol. The zero-order valence-corrected chi connectivity index (χ0v) is 25.7. The standard InChI is InChI=1S/C35H37FN4O6/c1-43-33-22-28-30(20-24(33)23-45-17-5-13-39-15-18-44-19-16-39)37-12-10-31(28)46-32-9-8-25(21-29(32)36)38-34(41)27-11-14-40(35(27)42)26-6-3-2-4-7-26/h2-4,6-10,12,20-22,27H,5,11,13-19,23H2,1H3,(H,38,41). The smallest absolute Gasteiger partial charge is 0.239 e. The zero-order chi connectivity index (χ0) is 31.9. The van der Waals surface area contributed by atoms with E-state index < -0.39 is 17.6 Å². The Morgan fingerprint density at radius 3 is 2.63 bits per heavy atom. The number of hydrogen-bond donors (Lipinski definition) is 1. The van der Waals surface area contributed by atoms with Gasteiger partial charge in [-0.25, -0.2) is 4.39 Å². The Morgan fingerprint density at radius 1 is 1.02 bits per heavy atom. The van der Waals surface area contributed by atoms with E-state index >= 15 is 4.39 Å². The first-order valence-corrected chi connectivity index (χ1v) is 15.5. The third kappa shape index (κ3) is 7.28. The van der Waals surface area contributed by atoms with Crippen molar-refractivity contribution in [3.63, 3.8) is 0 Å². The summed E-state index contributed by atoms with van der Waals surface area (Å²) >= 11 is 0. The Labute approximate surface area is 267 Å². The number of morpholine rings is 1. The topological polar surface area (TPSA) is 102 Å². The van der Waals surface area contributed by atoms with Crippen molar-refractivity contribution in [2.45, 2.75) is 19.4 Å². The minimum atomic E-state index is -0.845. The van der Waals surface area contributed by atoms with Crippen LogP contribution in [0.25, 0.3) is 10.9 Å². The first-order valence-electron chi connectivity index (χ1n) is 15.5. The number of nitrogens with zero attached hydrogens (tertiary/aromatic N) is 3. The minimum absolute atomic E-state index is 0.0238. The Bertz CT molecular complexity index is 1680. The van der Waals surface area contributed by atoms with Crippen LogP contribution in [0, 0.1) is 11.7 Å². The fraction of sp³-hybridized carbons (Fsp3) is 0.343. The molecule has 1 aromatic heterocycles. The summed E-state index contributed by atoms with van der Waals surface area (Å²) in [5.41, 5.74) is 2.48. The highest BCUT2D eigenvalue weighted by Crippen LogP contribution is 2.35. The van der Waals surface area contributed by atoms with E-state index in [1.807, 2.05) is 42.5 Å². The number of aromatic nitrogens is 1. The lowest BCUT2D eigenvalue weighted by molar-refractivity contribution is -0.129. The highest BCUT2D eigenvalue weighted by Gasteiger charge is 2.37. The number of anilines is 2. The van der Waals surface area contributed by atoms with Gasteiger partial charge in [-0.2, -0.15) is 0 Å². The Kier molecular flexibility index (Phi) is 10.0. The second-order valence-corrected chi connectivity index (χ2v) is 11.3. The number of amides is 2. The lowest BCUT2D eigenvalue weighted by Gasteiger charge is -2.26. The molecule has 3 heterocycles. The number of ether oxygens (including phenoxy) is 4. The van der Waals surface area contributed by atoms with Crippen molar-refractivity contribution in [3.8, 4) is 17.2 Å². The van der Waals surface area contributed by atoms with Crippen molar-refractivity contribution in [2.24, 2.45) is 5.92 Å². The highest BCUT2D eigenvalue weighted by molar-refractivity contribution is 6.13. The molecule has 0 saturated carbocycles. The number of halogens is 1. The van der Waals surface area contributed by atoms with E-state index in [0.717, 1.165) is 50.5 Å². The summed E-state index contributed by atoms with van der Waals surface area (Å²) in [6.45, 7) is 5.87. The molecule has 10 nitrogen and oxygen atoms in total. The SMILES string of the molecule is COc1cc2c(Oc3ccc(NC(=O)C4CCN(c5ccccc5)C4=O)cc3F)ccnc2cc1COCCCN1CCOCC1. The maximum Gasteiger partial charge on any atom is 0.239 e. The monoisotopic (exact) mass is 628 g/mol. The average Bonchev–Trinajstić information content (AvgIpc) is 3.47. The lowest BCUT2D eigenvalue weighted by atomic mass is 10.1. The van der Waals surface area contributed by atoms with Crippen LogP contribution in [-0.2, 0) is 25.7 Å². The van der Waals surface area contributed by atoms with Crippen LogP contribution in [0.2, 0.25) is 0 Å². The van der Waals surface area contributed by atoms with Crippen molar-refractivity contribution >= 4 is 34.1 Å². The maximum atomic E-state index is 15.2. The van der Waals surface area contributed by atoms with Gasteiger partial charge in [-0.3, -0.25) is 19.5 Å². The predicted molar refractivity (Wildman–Crippen MR) is 172 cm³/mol. The van der Waals surface area contributed by atoms with E-state index in [0.29, 0.717) is 48.6 Å². The van der Waals surface area contributed by atoms with Crippen molar-refractivity contribution < 1.29 is 32.9 Å². The Hall–Kier alpha value is -4.58. The first kappa shape index (κ1) is 31.4. The summed E-state index contributed by atoms with van der Waals surface area (Å²) < 4.78 is 38.2. The number of benzene rings is 3. The first-order chi connectivity index (χ1) is 22.5. The van der Waals surface area contributed by atoms with Crippen LogP contribution < -0.4 is 19.7 Å². The van der Waals surface area contributed by atoms with Gasteiger partial charge in [0.2, 0.25) is 11.8 Å². The molecule has 1 atom stereocenters. The molecular formula is C35H37FN4O6. The molecule has 2 aliphatic heterocycles.